The van der Waals surface area contributed by atoms with Crippen LogP contribution in [0.1, 0.15) is 17.3 Å². The van der Waals surface area contributed by atoms with Crippen LogP contribution in [-0.4, -0.2) is 18.5 Å². The Balaban J connectivity index is 0.00000225. The molecule has 0 spiro atoms. The van der Waals surface area contributed by atoms with Gasteiger partial charge in [-0.1, -0.05) is 0 Å². The number of nitrogens with one attached hydrogen (secondary N) is 1. The van der Waals surface area contributed by atoms with Crippen molar-refractivity contribution in [2.24, 2.45) is 5.73 Å². The Kier molecular flexibility index (Phi) is 6.85. The number of carbonyl (C=O) groups excluding carboxylic acids is 1. The summed E-state index contributed by atoms with van der Waals surface area (Å²) in [6.07, 6.45) is 0. The summed E-state index contributed by atoms with van der Waals surface area (Å²) in [4.78, 5) is 11.7. The molecule has 0 bridgehead atoms. The van der Waals surface area contributed by atoms with Crippen LogP contribution in [0.2, 0.25) is 0 Å². The number of nitrogens with two attached hydrogens (primary N) is 1. The minimum absolute atomic E-state index is 0. The van der Waals surface area contributed by atoms with E-state index in [1.807, 2.05) is 29.5 Å². The Morgan fingerprint density at radius 3 is 2.75 bits per heavy atom. The smallest absolute Gasteiger partial charge is 0.252 e. The van der Waals surface area contributed by atoms with Crippen LogP contribution in [0.3, 0.4) is 0 Å². The van der Waals surface area contributed by atoms with Gasteiger partial charge in [0.25, 0.3) is 5.91 Å². The third kappa shape index (κ3) is 4.23. The van der Waals surface area contributed by atoms with Crippen LogP contribution < -0.4 is 11.1 Å². The van der Waals surface area contributed by atoms with Crippen molar-refractivity contribution in [1.82, 2.24) is 5.32 Å². The van der Waals surface area contributed by atoms with Crippen molar-refractivity contribution < 1.29 is 9.18 Å². The molecule has 16 heavy (non-hydrogen) atoms. The third-order valence-electron chi connectivity index (χ3n) is 1.91. The second-order valence-corrected chi connectivity index (χ2v) is 4.40. The van der Waals surface area contributed by atoms with Crippen molar-refractivity contribution in [1.29, 1.82) is 0 Å². The molecular weight excluding hydrogens is 345 g/mol. The van der Waals surface area contributed by atoms with Gasteiger partial charge < -0.3 is 11.1 Å². The van der Waals surface area contributed by atoms with Crippen molar-refractivity contribution in [3.8, 4) is 0 Å². The Bertz CT molecular complexity index is 376. The number of carbonyl (C=O) groups is 1. The van der Waals surface area contributed by atoms with Gasteiger partial charge in [0.2, 0.25) is 0 Å². The highest BCUT2D eigenvalue weighted by atomic mass is 127. The van der Waals surface area contributed by atoms with E-state index in [1.54, 1.807) is 0 Å². The SMILES string of the molecule is C[C@H](CN)NC(=O)c1ccc(F)cc1I.Cl. The normalized spacial score (nSPS) is 11.5. The highest BCUT2D eigenvalue weighted by Gasteiger charge is 2.12. The molecule has 0 aromatic heterocycles. The molecule has 1 aromatic rings. The molecule has 0 saturated carbocycles. The van der Waals surface area contributed by atoms with E-state index in [0.717, 1.165) is 0 Å². The summed E-state index contributed by atoms with van der Waals surface area (Å²) in [5.74, 6) is -0.569. The summed E-state index contributed by atoms with van der Waals surface area (Å²) in [5.41, 5.74) is 5.85. The summed E-state index contributed by atoms with van der Waals surface area (Å²) < 4.78 is 13.4. The predicted octanol–water partition coefficient (Wildman–Crippen LogP) is 1.93. The average molecular weight is 359 g/mol. The lowest BCUT2D eigenvalue weighted by molar-refractivity contribution is 0.0940. The van der Waals surface area contributed by atoms with E-state index in [0.29, 0.717) is 15.7 Å². The monoisotopic (exact) mass is 358 g/mol. The molecule has 0 aliphatic rings. The van der Waals surface area contributed by atoms with E-state index in [4.69, 9.17) is 5.73 Å². The van der Waals surface area contributed by atoms with E-state index >= 15 is 0 Å². The zero-order valence-electron chi connectivity index (χ0n) is 8.67. The van der Waals surface area contributed by atoms with Gasteiger partial charge in [0.15, 0.2) is 0 Å². The molecule has 0 unspecified atom stereocenters. The summed E-state index contributed by atoms with van der Waals surface area (Å²) in [5, 5.41) is 2.71. The summed E-state index contributed by atoms with van der Waals surface area (Å²) in [7, 11) is 0. The Hall–Kier alpha value is -0.400. The highest BCUT2D eigenvalue weighted by molar-refractivity contribution is 14.1. The fourth-order valence-electron chi connectivity index (χ4n) is 1.03. The molecule has 3 N–H and O–H groups in total. The van der Waals surface area contributed by atoms with Crippen molar-refractivity contribution in [2.45, 2.75) is 13.0 Å². The number of halogens is 3. The number of rotatable bonds is 3. The van der Waals surface area contributed by atoms with Gasteiger partial charge in [-0.15, -0.1) is 12.4 Å². The van der Waals surface area contributed by atoms with Crippen molar-refractivity contribution in [2.75, 3.05) is 6.54 Å². The van der Waals surface area contributed by atoms with Gasteiger partial charge in [-0.2, -0.15) is 0 Å². The highest BCUT2D eigenvalue weighted by Crippen LogP contribution is 2.13. The maximum Gasteiger partial charge on any atom is 0.252 e. The lowest BCUT2D eigenvalue weighted by Gasteiger charge is -2.12. The third-order valence-corrected chi connectivity index (χ3v) is 2.80. The van der Waals surface area contributed by atoms with Crippen LogP contribution in [0.15, 0.2) is 18.2 Å². The van der Waals surface area contributed by atoms with Crippen LogP contribution in [0.4, 0.5) is 4.39 Å². The van der Waals surface area contributed by atoms with Crippen molar-refractivity contribution >= 4 is 40.9 Å². The van der Waals surface area contributed by atoms with Crippen molar-refractivity contribution in [3.63, 3.8) is 0 Å². The second-order valence-electron chi connectivity index (χ2n) is 3.23. The van der Waals surface area contributed by atoms with Crippen LogP contribution in [0, 0.1) is 9.39 Å². The largest absolute Gasteiger partial charge is 0.348 e. The molecular formula is C10H13ClFIN2O. The van der Waals surface area contributed by atoms with Crippen LogP contribution in [-0.2, 0) is 0 Å². The van der Waals surface area contributed by atoms with Gasteiger partial charge in [0.1, 0.15) is 5.82 Å². The molecule has 1 aromatic carbocycles. The molecule has 90 valence electrons. The number of benzene rings is 1. The molecule has 0 heterocycles. The molecule has 1 atom stereocenters. The van der Waals surface area contributed by atoms with Gasteiger partial charge in [-0.3, -0.25) is 4.79 Å². The average Bonchev–Trinajstić information content (AvgIpc) is 2.17. The lowest BCUT2D eigenvalue weighted by Crippen LogP contribution is -2.38. The summed E-state index contributed by atoms with van der Waals surface area (Å²) >= 11 is 1.93. The molecule has 6 heteroatoms. The number of hydrogen-bond donors (Lipinski definition) is 2. The van der Waals surface area contributed by atoms with Crippen LogP contribution in [0.25, 0.3) is 0 Å². The van der Waals surface area contributed by atoms with E-state index in [9.17, 15) is 9.18 Å². The first-order chi connectivity index (χ1) is 7.04. The summed E-state index contributed by atoms with van der Waals surface area (Å²) in [6.45, 7) is 2.19. The standard InChI is InChI=1S/C10H12FIN2O.ClH/c1-6(5-13)14-10(15)8-3-2-7(11)4-9(8)12;/h2-4,6H,5,13H2,1H3,(H,14,15);1H/t6-;/m1./s1. The maximum absolute atomic E-state index is 12.8. The molecule has 3 nitrogen and oxygen atoms in total. The second kappa shape index (κ2) is 7.03. The first kappa shape index (κ1) is 15.6. The van der Waals surface area contributed by atoms with Crippen molar-refractivity contribution in [3.05, 3.63) is 33.1 Å². The van der Waals surface area contributed by atoms with Crippen LogP contribution in [0.5, 0.6) is 0 Å². The fourth-order valence-corrected chi connectivity index (χ4v) is 1.76. The van der Waals surface area contributed by atoms with E-state index in [1.165, 1.54) is 18.2 Å². The van der Waals surface area contributed by atoms with Gasteiger partial charge in [0, 0.05) is 16.2 Å². The van der Waals surface area contributed by atoms with E-state index in [2.05, 4.69) is 5.32 Å². The van der Waals surface area contributed by atoms with Gasteiger partial charge >= 0.3 is 0 Å². The zero-order valence-corrected chi connectivity index (χ0v) is 11.6. The first-order valence-electron chi connectivity index (χ1n) is 4.50. The minimum Gasteiger partial charge on any atom is -0.348 e. The van der Waals surface area contributed by atoms with Crippen LogP contribution >= 0.6 is 35.0 Å². The minimum atomic E-state index is -0.345. The van der Waals surface area contributed by atoms with E-state index < -0.39 is 0 Å². The molecule has 0 aliphatic carbocycles. The Labute approximate surface area is 114 Å². The molecule has 1 rings (SSSR count). The van der Waals surface area contributed by atoms with Gasteiger partial charge in [-0.05, 0) is 47.7 Å². The lowest BCUT2D eigenvalue weighted by atomic mass is 10.2. The molecule has 1 amide bonds. The quantitative estimate of drug-likeness (QED) is 0.811. The topological polar surface area (TPSA) is 55.1 Å². The first-order valence-corrected chi connectivity index (χ1v) is 5.58. The molecule has 0 saturated heterocycles. The maximum atomic E-state index is 12.8. The predicted molar refractivity (Wildman–Crippen MR) is 72.3 cm³/mol. The Morgan fingerprint density at radius 2 is 2.25 bits per heavy atom. The fraction of sp³-hybridized carbons (Fsp3) is 0.300. The van der Waals surface area contributed by atoms with Gasteiger partial charge in [-0.25, -0.2) is 4.39 Å². The molecule has 0 fully saturated rings. The summed E-state index contributed by atoms with van der Waals surface area (Å²) in [6, 6.07) is 3.97. The molecule has 0 radical (unpaired) electrons. The Morgan fingerprint density at radius 1 is 1.62 bits per heavy atom. The van der Waals surface area contributed by atoms with Gasteiger partial charge in [0.05, 0.1) is 5.56 Å². The zero-order chi connectivity index (χ0) is 11.4. The number of amides is 1. The number of hydrogen-bond acceptors (Lipinski definition) is 2. The molecule has 0 aliphatic heterocycles. The van der Waals surface area contributed by atoms with E-state index in [-0.39, 0.29) is 30.2 Å².